The third kappa shape index (κ3) is 2.32. The summed E-state index contributed by atoms with van der Waals surface area (Å²) in [4.78, 5) is 9.11. The predicted octanol–water partition coefficient (Wildman–Crippen LogP) is 2.89. The van der Waals surface area contributed by atoms with Crippen molar-refractivity contribution in [2.75, 3.05) is 12.0 Å². The molecule has 0 saturated heterocycles. The number of imidazole rings is 1. The maximum atomic E-state index is 11.6. The Morgan fingerprint density at radius 1 is 1.29 bits per heavy atom. The third-order valence-corrected chi connectivity index (χ3v) is 5.68. The van der Waals surface area contributed by atoms with Gasteiger partial charge in [-0.3, -0.25) is 0 Å². The molecular weight excluding hydrogens is 306 g/mol. The van der Waals surface area contributed by atoms with Crippen LogP contribution in [0.15, 0.2) is 23.1 Å². The van der Waals surface area contributed by atoms with E-state index in [0.717, 1.165) is 21.5 Å². The molecule has 3 aromatic rings. The summed E-state index contributed by atoms with van der Waals surface area (Å²) in [6.07, 6.45) is 1.19. The Bertz CT molecular complexity index is 952. The zero-order valence-corrected chi connectivity index (χ0v) is 13.5. The number of nitrogens with zero attached hydrogens (tertiary/aromatic N) is 1. The number of aromatic amines is 1. The van der Waals surface area contributed by atoms with E-state index in [9.17, 15) is 8.42 Å². The molecule has 21 heavy (non-hydrogen) atoms. The Morgan fingerprint density at radius 2 is 2.00 bits per heavy atom. The van der Waals surface area contributed by atoms with Crippen molar-refractivity contribution in [3.05, 3.63) is 28.6 Å². The second kappa shape index (κ2) is 4.57. The van der Waals surface area contributed by atoms with Gasteiger partial charge in [-0.15, -0.1) is 11.3 Å². The van der Waals surface area contributed by atoms with Gasteiger partial charge in [-0.25, -0.2) is 13.4 Å². The smallest absolute Gasteiger partial charge is 0.175 e. The number of nitrogens with two attached hydrogens (primary N) is 1. The van der Waals surface area contributed by atoms with Crippen LogP contribution in [0.5, 0.6) is 0 Å². The van der Waals surface area contributed by atoms with Gasteiger partial charge in [0.05, 0.1) is 26.5 Å². The van der Waals surface area contributed by atoms with Gasteiger partial charge in [0.25, 0.3) is 0 Å². The van der Waals surface area contributed by atoms with Crippen LogP contribution in [-0.2, 0) is 9.84 Å². The van der Waals surface area contributed by atoms with Gasteiger partial charge in [0.1, 0.15) is 5.82 Å². The van der Waals surface area contributed by atoms with Crippen molar-refractivity contribution in [2.45, 2.75) is 18.7 Å². The second-order valence-electron chi connectivity index (χ2n) is 5.06. The summed E-state index contributed by atoms with van der Waals surface area (Å²) in [5, 5.41) is 0.715. The van der Waals surface area contributed by atoms with E-state index in [2.05, 4.69) is 9.97 Å². The molecule has 2 aromatic heterocycles. The molecule has 0 fully saturated rings. The number of nitrogen functional groups attached to an aromatic ring is 1. The number of thiophene rings is 1. The van der Waals surface area contributed by atoms with Gasteiger partial charge < -0.3 is 10.7 Å². The largest absolute Gasteiger partial charge is 0.390 e. The van der Waals surface area contributed by atoms with Crippen LogP contribution in [0, 0.1) is 13.8 Å². The van der Waals surface area contributed by atoms with E-state index in [-0.39, 0.29) is 4.90 Å². The molecule has 0 spiro atoms. The van der Waals surface area contributed by atoms with Gasteiger partial charge in [0, 0.05) is 11.1 Å². The van der Waals surface area contributed by atoms with Gasteiger partial charge in [-0.05, 0) is 37.6 Å². The van der Waals surface area contributed by atoms with Crippen molar-refractivity contribution in [3.63, 3.8) is 0 Å². The Morgan fingerprint density at radius 3 is 2.57 bits per heavy atom. The summed E-state index contributed by atoms with van der Waals surface area (Å²) >= 11 is 1.53. The van der Waals surface area contributed by atoms with Gasteiger partial charge in [0.2, 0.25) is 0 Å². The number of hydrogen-bond acceptors (Lipinski definition) is 5. The summed E-state index contributed by atoms with van der Waals surface area (Å²) in [6.45, 7) is 4.02. The summed E-state index contributed by atoms with van der Waals surface area (Å²) in [6, 6.07) is 4.87. The lowest BCUT2D eigenvalue weighted by Gasteiger charge is -1.97. The Kier molecular flexibility index (Phi) is 3.07. The molecule has 3 rings (SSSR count). The van der Waals surface area contributed by atoms with Crippen LogP contribution in [0.25, 0.3) is 22.4 Å². The normalized spacial score (nSPS) is 12.1. The first-order valence-corrected chi connectivity index (χ1v) is 9.04. The Labute approximate surface area is 126 Å². The Hall–Kier alpha value is -1.86. The summed E-state index contributed by atoms with van der Waals surface area (Å²) in [7, 11) is -3.23. The average molecular weight is 321 g/mol. The molecule has 3 N–H and O–H groups in total. The zero-order valence-electron chi connectivity index (χ0n) is 11.9. The zero-order chi connectivity index (χ0) is 15.4. The van der Waals surface area contributed by atoms with Crippen LogP contribution in [0.3, 0.4) is 0 Å². The van der Waals surface area contributed by atoms with Crippen LogP contribution in [0.4, 0.5) is 5.00 Å². The number of anilines is 1. The maximum Gasteiger partial charge on any atom is 0.175 e. The number of aromatic nitrogens is 2. The summed E-state index contributed by atoms with van der Waals surface area (Å²) in [5.41, 5.74) is 9.47. The van der Waals surface area contributed by atoms with Gasteiger partial charge >= 0.3 is 0 Å². The van der Waals surface area contributed by atoms with Crippen LogP contribution in [0.2, 0.25) is 0 Å². The average Bonchev–Trinajstić information content (AvgIpc) is 2.89. The molecular formula is C14H15N3O2S2. The molecule has 0 aliphatic rings. The Balaban J connectivity index is 2.22. The fourth-order valence-electron chi connectivity index (χ4n) is 2.29. The fourth-order valence-corrected chi connectivity index (χ4v) is 3.87. The van der Waals surface area contributed by atoms with Crippen LogP contribution in [0.1, 0.15) is 10.4 Å². The van der Waals surface area contributed by atoms with Crippen molar-refractivity contribution in [1.82, 2.24) is 9.97 Å². The van der Waals surface area contributed by atoms with Crippen LogP contribution in [-0.4, -0.2) is 24.6 Å². The summed E-state index contributed by atoms with van der Waals surface area (Å²) in [5.74, 6) is 0.676. The number of hydrogen-bond donors (Lipinski definition) is 2. The molecule has 0 saturated carbocycles. The lowest BCUT2D eigenvalue weighted by molar-refractivity contribution is 0.602. The van der Waals surface area contributed by atoms with E-state index in [1.165, 1.54) is 17.6 Å². The first-order valence-electron chi connectivity index (χ1n) is 6.33. The number of sulfone groups is 1. The van der Waals surface area contributed by atoms with Crippen molar-refractivity contribution in [2.24, 2.45) is 0 Å². The number of aryl methyl sites for hydroxylation is 1. The molecule has 1 aromatic carbocycles. The molecule has 5 nitrogen and oxygen atoms in total. The minimum atomic E-state index is -3.23. The molecule has 7 heteroatoms. The molecule has 0 atom stereocenters. The van der Waals surface area contributed by atoms with E-state index >= 15 is 0 Å². The maximum absolute atomic E-state index is 11.6. The monoisotopic (exact) mass is 321 g/mol. The molecule has 110 valence electrons. The number of fused-ring (bicyclic) bond motifs is 1. The van der Waals surface area contributed by atoms with Crippen LogP contribution >= 0.6 is 11.3 Å². The highest BCUT2D eigenvalue weighted by atomic mass is 32.2. The van der Waals surface area contributed by atoms with E-state index in [1.54, 1.807) is 18.2 Å². The van der Waals surface area contributed by atoms with Crippen molar-refractivity contribution in [3.8, 4) is 11.4 Å². The first kappa shape index (κ1) is 14.1. The van der Waals surface area contributed by atoms with E-state index in [1.807, 2.05) is 13.8 Å². The van der Waals surface area contributed by atoms with E-state index in [0.29, 0.717) is 16.3 Å². The molecule has 0 aliphatic heterocycles. The number of rotatable bonds is 2. The number of H-pyrrole nitrogens is 1. The second-order valence-corrected chi connectivity index (χ2v) is 8.33. The minimum Gasteiger partial charge on any atom is -0.390 e. The summed E-state index contributed by atoms with van der Waals surface area (Å²) < 4.78 is 23.2. The standard InChI is InChI=1S/C14H15N3O2S2/c1-7-8(2)20-13(15)12(7)14-16-10-5-4-9(21(3,18)19)6-11(10)17-14/h4-6H,15H2,1-3H3,(H,16,17). The fraction of sp³-hybridized carbons (Fsp3) is 0.214. The van der Waals surface area contributed by atoms with E-state index < -0.39 is 9.84 Å². The highest BCUT2D eigenvalue weighted by molar-refractivity contribution is 7.90. The van der Waals surface area contributed by atoms with Crippen molar-refractivity contribution in [1.29, 1.82) is 0 Å². The van der Waals surface area contributed by atoms with Crippen LogP contribution < -0.4 is 5.73 Å². The number of nitrogens with one attached hydrogen (secondary N) is 1. The van der Waals surface area contributed by atoms with Gasteiger partial charge in [-0.2, -0.15) is 0 Å². The first-order chi connectivity index (χ1) is 9.77. The SMILES string of the molecule is Cc1sc(N)c(-c2nc3ccc(S(C)(=O)=O)cc3[nH]2)c1C. The molecule has 0 unspecified atom stereocenters. The van der Waals surface area contributed by atoms with Gasteiger partial charge in [-0.1, -0.05) is 0 Å². The third-order valence-electron chi connectivity index (χ3n) is 3.53. The highest BCUT2D eigenvalue weighted by Gasteiger charge is 2.16. The number of benzene rings is 1. The molecule has 0 bridgehead atoms. The van der Waals surface area contributed by atoms with Crippen molar-refractivity contribution >= 4 is 37.2 Å². The molecule has 2 heterocycles. The lowest BCUT2D eigenvalue weighted by Crippen LogP contribution is -1.96. The quantitative estimate of drug-likeness (QED) is 0.759. The van der Waals surface area contributed by atoms with Crippen molar-refractivity contribution < 1.29 is 8.42 Å². The lowest BCUT2D eigenvalue weighted by atomic mass is 10.1. The topological polar surface area (TPSA) is 88.8 Å². The molecule has 0 amide bonds. The van der Waals surface area contributed by atoms with E-state index in [4.69, 9.17) is 5.73 Å². The molecule has 0 aliphatic carbocycles. The minimum absolute atomic E-state index is 0.274. The molecule has 0 radical (unpaired) electrons. The van der Waals surface area contributed by atoms with Gasteiger partial charge in [0.15, 0.2) is 9.84 Å². The predicted molar refractivity (Wildman–Crippen MR) is 86.4 cm³/mol. The highest BCUT2D eigenvalue weighted by Crippen LogP contribution is 2.37.